The van der Waals surface area contributed by atoms with E-state index < -0.39 is 0 Å². The van der Waals surface area contributed by atoms with Crippen molar-refractivity contribution >= 4 is 11.8 Å². The normalized spacial score (nSPS) is 24.5. The van der Waals surface area contributed by atoms with Gasteiger partial charge in [0.2, 0.25) is 0 Å². The van der Waals surface area contributed by atoms with Crippen LogP contribution in [-0.2, 0) is 27.1 Å². The van der Waals surface area contributed by atoms with E-state index in [0.717, 1.165) is 0 Å². The van der Waals surface area contributed by atoms with Crippen molar-refractivity contribution in [3.05, 3.63) is 69.4 Å². The van der Waals surface area contributed by atoms with Crippen LogP contribution in [0.15, 0.2) is 36.0 Å². The maximum absolute atomic E-state index is 3.89. The third-order valence-corrected chi connectivity index (χ3v) is 9.80. The van der Waals surface area contributed by atoms with Crippen LogP contribution in [0.2, 0.25) is 0 Å². The van der Waals surface area contributed by atoms with Crippen molar-refractivity contribution in [3.63, 3.8) is 0 Å². The molecule has 1 N–H and O–H groups in total. The van der Waals surface area contributed by atoms with Crippen molar-refractivity contribution < 1.29 is 0 Å². The van der Waals surface area contributed by atoms with E-state index in [1.54, 1.807) is 11.1 Å². The number of anilines is 1. The van der Waals surface area contributed by atoms with Gasteiger partial charge in [0.05, 0.1) is 0 Å². The lowest BCUT2D eigenvalue weighted by Gasteiger charge is -2.43. The lowest BCUT2D eigenvalue weighted by Crippen LogP contribution is -2.34. The highest BCUT2D eigenvalue weighted by molar-refractivity contribution is 5.75. The summed E-state index contributed by atoms with van der Waals surface area (Å²) in [6.07, 6.45) is 7.43. The number of allylic oxidation sites excluding steroid dienone is 1. The molecule has 0 unspecified atom stereocenters. The van der Waals surface area contributed by atoms with Crippen LogP contribution in [0, 0.1) is 0 Å². The minimum atomic E-state index is -0.0350. The first kappa shape index (κ1) is 23.7. The second kappa shape index (κ2) is 7.02. The van der Waals surface area contributed by atoms with Crippen molar-refractivity contribution in [2.45, 2.75) is 122 Å². The molecule has 0 saturated heterocycles. The molecule has 0 spiro atoms. The van der Waals surface area contributed by atoms with Crippen LogP contribution >= 0.6 is 0 Å². The second-order valence-electron chi connectivity index (χ2n) is 14.6. The molecule has 2 aromatic rings. The van der Waals surface area contributed by atoms with Crippen molar-refractivity contribution in [2.24, 2.45) is 0 Å². The first-order valence-corrected chi connectivity index (χ1v) is 13.4. The minimum Gasteiger partial charge on any atom is -0.358 e. The van der Waals surface area contributed by atoms with Gasteiger partial charge in [-0.25, -0.2) is 0 Å². The minimum absolute atomic E-state index is 0.0350. The summed E-state index contributed by atoms with van der Waals surface area (Å²) >= 11 is 0. The summed E-state index contributed by atoms with van der Waals surface area (Å²) in [5, 5.41) is 3.89. The van der Waals surface area contributed by atoms with Crippen LogP contribution < -0.4 is 5.32 Å². The van der Waals surface area contributed by atoms with E-state index >= 15 is 0 Å². The molecule has 0 atom stereocenters. The highest BCUT2D eigenvalue weighted by Gasteiger charge is 2.42. The maximum Gasteiger partial charge on any atom is 0.0385 e. The van der Waals surface area contributed by atoms with E-state index in [0.29, 0.717) is 0 Å². The predicted molar refractivity (Wildman–Crippen MR) is 148 cm³/mol. The van der Waals surface area contributed by atoms with Gasteiger partial charge in [0.15, 0.2) is 0 Å². The Morgan fingerprint density at radius 1 is 0.529 bits per heavy atom. The number of fused-ring (bicyclic) bond motifs is 3. The molecule has 0 bridgehead atoms. The molecule has 3 aliphatic carbocycles. The first-order chi connectivity index (χ1) is 15.5. The van der Waals surface area contributed by atoms with Crippen molar-refractivity contribution in [1.29, 1.82) is 0 Å². The molecule has 5 rings (SSSR count). The highest BCUT2D eigenvalue weighted by Crippen LogP contribution is 2.51. The SMILES string of the molecule is CC1(C)CCC(C)(C)c2cc(NC3=Cc4cc5c(cc4C3(C)C)C(C)(C)CCC5(C)C)ccc21. The summed E-state index contributed by atoms with van der Waals surface area (Å²) in [7, 11) is 0. The zero-order valence-corrected chi connectivity index (χ0v) is 23.3. The zero-order valence-electron chi connectivity index (χ0n) is 23.3. The molecule has 1 nitrogen and oxygen atoms in total. The fourth-order valence-corrected chi connectivity index (χ4v) is 6.79. The van der Waals surface area contributed by atoms with E-state index in [1.165, 1.54) is 59.3 Å². The molecule has 182 valence electrons. The summed E-state index contributed by atoms with van der Waals surface area (Å²) in [5.74, 6) is 0. The maximum atomic E-state index is 3.89. The summed E-state index contributed by atoms with van der Waals surface area (Å²) < 4.78 is 0. The Balaban J connectivity index is 1.55. The van der Waals surface area contributed by atoms with Gasteiger partial charge in [-0.05, 0) is 98.9 Å². The summed E-state index contributed by atoms with van der Waals surface area (Å²) in [5.41, 5.74) is 12.5. The third-order valence-electron chi connectivity index (χ3n) is 9.80. The van der Waals surface area contributed by atoms with Gasteiger partial charge in [0, 0.05) is 16.8 Å². The zero-order chi connectivity index (χ0) is 24.9. The quantitative estimate of drug-likeness (QED) is 0.476. The number of hydrogen-bond donors (Lipinski definition) is 1. The lowest BCUT2D eigenvalue weighted by molar-refractivity contribution is 0.331. The molecule has 0 fully saturated rings. The number of hydrogen-bond acceptors (Lipinski definition) is 1. The Kier molecular flexibility index (Phi) is 4.90. The summed E-state index contributed by atoms with van der Waals surface area (Å²) in [4.78, 5) is 0. The Morgan fingerprint density at radius 2 is 1.00 bits per heavy atom. The van der Waals surface area contributed by atoms with Gasteiger partial charge in [0.1, 0.15) is 0 Å². The van der Waals surface area contributed by atoms with Gasteiger partial charge in [-0.3, -0.25) is 0 Å². The summed E-state index contributed by atoms with van der Waals surface area (Å²) in [6, 6.07) is 12.2. The molecule has 2 aromatic carbocycles. The molecule has 0 heterocycles. The van der Waals surface area contributed by atoms with Gasteiger partial charge >= 0.3 is 0 Å². The Labute approximate surface area is 208 Å². The Morgan fingerprint density at radius 3 is 1.56 bits per heavy atom. The van der Waals surface area contributed by atoms with Crippen LogP contribution in [0.25, 0.3) is 6.08 Å². The largest absolute Gasteiger partial charge is 0.358 e. The van der Waals surface area contributed by atoms with E-state index in [9.17, 15) is 0 Å². The third kappa shape index (κ3) is 3.49. The molecule has 0 aliphatic heterocycles. The molecule has 0 aromatic heterocycles. The van der Waals surface area contributed by atoms with Crippen LogP contribution in [0.5, 0.6) is 0 Å². The van der Waals surface area contributed by atoms with E-state index in [1.807, 2.05) is 0 Å². The van der Waals surface area contributed by atoms with Gasteiger partial charge in [-0.15, -0.1) is 0 Å². The molecule has 1 heteroatoms. The van der Waals surface area contributed by atoms with Crippen molar-refractivity contribution in [1.82, 2.24) is 0 Å². The molecule has 3 aliphatic rings. The van der Waals surface area contributed by atoms with Gasteiger partial charge in [-0.2, -0.15) is 0 Å². The fraction of sp³-hybridized carbons (Fsp3) is 0.576. The number of nitrogens with one attached hydrogen (secondary N) is 1. The van der Waals surface area contributed by atoms with E-state index in [4.69, 9.17) is 0 Å². The van der Waals surface area contributed by atoms with Crippen molar-refractivity contribution in [2.75, 3.05) is 5.32 Å². The standard InChI is InChI=1S/C33H45N/c1-29(2)13-14-31(5,6)26-19-22(11-12-23(26)29)34-28-18-21-17-25-27(20-24(21)33(28,9)10)32(7,8)16-15-30(25,3)4/h11-12,17-20,34H,13-16H2,1-10H3. The molecule has 0 amide bonds. The lowest BCUT2D eigenvalue weighted by atomic mass is 9.62. The van der Waals surface area contributed by atoms with Crippen LogP contribution in [-0.4, -0.2) is 0 Å². The van der Waals surface area contributed by atoms with Gasteiger partial charge in [0.25, 0.3) is 0 Å². The highest BCUT2D eigenvalue weighted by atomic mass is 14.9. The number of rotatable bonds is 2. The molecular formula is C33H45N. The average Bonchev–Trinajstić information content (AvgIpc) is 2.98. The monoisotopic (exact) mass is 455 g/mol. The van der Waals surface area contributed by atoms with Gasteiger partial charge < -0.3 is 5.32 Å². The van der Waals surface area contributed by atoms with Crippen LogP contribution in [0.3, 0.4) is 0 Å². The topological polar surface area (TPSA) is 12.0 Å². The van der Waals surface area contributed by atoms with Crippen LogP contribution in [0.1, 0.15) is 128 Å². The molecule has 34 heavy (non-hydrogen) atoms. The molecule has 0 radical (unpaired) electrons. The predicted octanol–water partition coefficient (Wildman–Crippen LogP) is 9.13. The van der Waals surface area contributed by atoms with Crippen LogP contribution in [0.4, 0.5) is 5.69 Å². The Bertz CT molecular complexity index is 1200. The Hall–Kier alpha value is -2.02. The summed E-state index contributed by atoms with van der Waals surface area (Å²) in [6.45, 7) is 24.1. The molecular weight excluding hydrogens is 410 g/mol. The van der Waals surface area contributed by atoms with E-state index in [-0.39, 0.29) is 27.1 Å². The molecule has 0 saturated carbocycles. The van der Waals surface area contributed by atoms with Crippen molar-refractivity contribution in [3.8, 4) is 0 Å². The fourth-order valence-electron chi connectivity index (χ4n) is 6.79. The number of benzene rings is 2. The average molecular weight is 456 g/mol. The smallest absolute Gasteiger partial charge is 0.0385 e. The second-order valence-corrected chi connectivity index (χ2v) is 14.6. The van der Waals surface area contributed by atoms with Gasteiger partial charge in [-0.1, -0.05) is 87.4 Å². The first-order valence-electron chi connectivity index (χ1n) is 13.4. The van der Waals surface area contributed by atoms with E-state index in [2.05, 4.69) is 111 Å².